The molecule has 2 aromatic rings. The minimum absolute atomic E-state index is 0.140. The third-order valence-corrected chi connectivity index (χ3v) is 2.67. The standard InChI is InChI=1S/C12H14N3O2/c1-9(2)10-3-4-11(12(7-10)15(16)17)14-6-5-13-8-14/h3-9,16H,1-2H3/q-1/p+1. The normalized spacial score (nSPS) is 10.9. The highest BCUT2D eigenvalue weighted by Crippen LogP contribution is 2.27. The van der Waals surface area contributed by atoms with E-state index >= 15 is 0 Å². The van der Waals surface area contributed by atoms with Gasteiger partial charge in [-0.15, -0.1) is 0 Å². The monoisotopic (exact) mass is 233 g/mol. The van der Waals surface area contributed by atoms with E-state index in [1.54, 1.807) is 29.4 Å². The minimum Gasteiger partial charge on any atom is -0.694 e. The van der Waals surface area contributed by atoms with Gasteiger partial charge in [-0.05, 0) is 23.6 Å². The summed E-state index contributed by atoms with van der Waals surface area (Å²) in [6, 6.07) is 5.55. The number of hydrogen-bond acceptors (Lipinski definition) is 3. The molecule has 0 aliphatic heterocycles. The van der Waals surface area contributed by atoms with E-state index in [2.05, 4.69) is 18.8 Å². The van der Waals surface area contributed by atoms with Crippen LogP contribution in [0.5, 0.6) is 0 Å². The molecule has 0 bridgehead atoms. The van der Waals surface area contributed by atoms with Gasteiger partial charge >= 0.3 is 0 Å². The van der Waals surface area contributed by atoms with Crippen LogP contribution < -0.4 is 5.23 Å². The third-order valence-electron chi connectivity index (χ3n) is 2.67. The van der Waals surface area contributed by atoms with Crippen LogP contribution in [0.25, 0.3) is 5.69 Å². The summed E-state index contributed by atoms with van der Waals surface area (Å²) in [6.45, 7) is 4.10. The van der Waals surface area contributed by atoms with Crippen molar-refractivity contribution in [3.63, 3.8) is 0 Å². The number of aromatic nitrogens is 2. The Morgan fingerprint density at radius 2 is 2.18 bits per heavy atom. The zero-order valence-corrected chi connectivity index (χ0v) is 9.79. The van der Waals surface area contributed by atoms with Crippen molar-refractivity contribution in [2.45, 2.75) is 19.8 Å². The lowest BCUT2D eigenvalue weighted by molar-refractivity contribution is 0.296. The number of rotatable bonds is 3. The second-order valence-corrected chi connectivity index (χ2v) is 4.17. The Hall–Kier alpha value is -1.85. The van der Waals surface area contributed by atoms with Gasteiger partial charge in [-0.1, -0.05) is 19.9 Å². The first-order chi connectivity index (χ1) is 8.09. The van der Waals surface area contributed by atoms with E-state index in [0.29, 0.717) is 17.3 Å². The van der Waals surface area contributed by atoms with Gasteiger partial charge in [-0.2, -0.15) is 5.23 Å². The average Bonchev–Trinajstić information content (AvgIpc) is 2.81. The van der Waals surface area contributed by atoms with Crippen molar-refractivity contribution in [3.05, 3.63) is 47.7 Å². The highest BCUT2D eigenvalue weighted by molar-refractivity contribution is 5.63. The van der Waals surface area contributed by atoms with Gasteiger partial charge in [0.25, 0.3) is 0 Å². The second kappa shape index (κ2) is 4.57. The van der Waals surface area contributed by atoms with Crippen LogP contribution in [0.15, 0.2) is 36.9 Å². The first-order valence-electron chi connectivity index (χ1n) is 5.40. The van der Waals surface area contributed by atoms with Crippen molar-refractivity contribution in [3.8, 4) is 5.69 Å². The molecule has 0 saturated carbocycles. The van der Waals surface area contributed by atoms with Crippen LogP contribution in [0.2, 0.25) is 0 Å². The largest absolute Gasteiger partial charge is 0.694 e. The van der Waals surface area contributed by atoms with Gasteiger partial charge < -0.3 is 15.0 Å². The molecule has 2 rings (SSSR count). The van der Waals surface area contributed by atoms with Crippen molar-refractivity contribution in [1.29, 1.82) is 0 Å². The van der Waals surface area contributed by atoms with E-state index in [4.69, 9.17) is 5.21 Å². The van der Waals surface area contributed by atoms with E-state index in [-0.39, 0.29) is 5.23 Å². The maximum Gasteiger partial charge on any atom is 0.121 e. The van der Waals surface area contributed by atoms with Gasteiger partial charge in [0.15, 0.2) is 0 Å². The highest BCUT2D eigenvalue weighted by atomic mass is 16.8. The van der Waals surface area contributed by atoms with E-state index in [0.717, 1.165) is 5.56 Å². The summed E-state index contributed by atoms with van der Waals surface area (Å²) in [5.74, 6) is 0.325. The van der Waals surface area contributed by atoms with Crippen molar-refractivity contribution < 1.29 is 5.21 Å². The van der Waals surface area contributed by atoms with Crippen LogP contribution in [0.3, 0.4) is 0 Å². The molecule has 0 unspecified atom stereocenters. The van der Waals surface area contributed by atoms with Crippen molar-refractivity contribution >= 4 is 5.69 Å². The highest BCUT2D eigenvalue weighted by Gasteiger charge is 2.10. The molecule has 1 heterocycles. The molecule has 0 saturated heterocycles. The summed E-state index contributed by atoms with van der Waals surface area (Å²) in [5.41, 5.74) is 2.03. The Labute approximate surface area is 99.5 Å². The lowest BCUT2D eigenvalue weighted by Crippen LogP contribution is -2.11. The molecule has 17 heavy (non-hydrogen) atoms. The molecule has 90 valence electrons. The summed E-state index contributed by atoms with van der Waals surface area (Å²) in [5, 5.41) is 18.7. The molecule has 5 heteroatoms. The lowest BCUT2D eigenvalue weighted by Gasteiger charge is -2.21. The molecule has 0 amide bonds. The molecule has 2 N–H and O–H groups in total. The number of hydrogen-bond donors (Lipinski definition) is 0. The maximum absolute atomic E-state index is 11.3. The predicted octanol–water partition coefficient (Wildman–Crippen LogP) is 1.94. The summed E-state index contributed by atoms with van der Waals surface area (Å²) in [6.07, 6.45) is 4.99. The fourth-order valence-corrected chi connectivity index (χ4v) is 1.68. The van der Waals surface area contributed by atoms with E-state index in [1.807, 2.05) is 12.1 Å². The summed E-state index contributed by atoms with van der Waals surface area (Å²) < 4.78 is 1.72. The van der Waals surface area contributed by atoms with Gasteiger partial charge in [-0.3, -0.25) is 0 Å². The number of benzene rings is 1. The van der Waals surface area contributed by atoms with E-state index in [9.17, 15) is 5.21 Å². The Morgan fingerprint density at radius 3 is 2.71 bits per heavy atom. The van der Waals surface area contributed by atoms with E-state index < -0.39 is 0 Å². The fraction of sp³-hybridized carbons (Fsp3) is 0.250. The lowest BCUT2D eigenvalue weighted by atomic mass is 10.0. The molecular weight excluding hydrogens is 218 g/mol. The maximum atomic E-state index is 11.3. The Balaban J connectivity index is 2.53. The molecule has 0 radical (unpaired) electrons. The Kier molecular flexibility index (Phi) is 3.12. The third kappa shape index (κ3) is 2.30. The molecule has 1 aromatic heterocycles. The molecule has 0 atom stereocenters. The Morgan fingerprint density at radius 1 is 1.41 bits per heavy atom. The van der Waals surface area contributed by atoms with Crippen LogP contribution in [0, 0.1) is 5.21 Å². The van der Waals surface area contributed by atoms with Crippen molar-refractivity contribution in [1.82, 2.24) is 9.55 Å². The quantitative estimate of drug-likeness (QED) is 0.601. The number of imidazole rings is 1. The summed E-state index contributed by atoms with van der Waals surface area (Å²) >= 11 is 0. The smallest absolute Gasteiger partial charge is 0.121 e. The molecular formula is C12H15N3O2. The fourth-order valence-electron chi connectivity index (χ4n) is 1.68. The van der Waals surface area contributed by atoms with Gasteiger partial charge in [-0.25, -0.2) is 4.98 Å². The van der Waals surface area contributed by atoms with Crippen LogP contribution >= 0.6 is 0 Å². The van der Waals surface area contributed by atoms with Crippen molar-refractivity contribution in [2.75, 3.05) is 5.23 Å². The Bertz CT molecular complexity index is 492. The second-order valence-electron chi connectivity index (χ2n) is 4.17. The van der Waals surface area contributed by atoms with Gasteiger partial charge in [0.1, 0.15) is 5.69 Å². The molecule has 5 nitrogen and oxygen atoms in total. The minimum atomic E-state index is 0.140. The number of anilines is 1. The van der Waals surface area contributed by atoms with Gasteiger partial charge in [0.2, 0.25) is 0 Å². The predicted molar refractivity (Wildman–Crippen MR) is 67.1 cm³/mol. The van der Waals surface area contributed by atoms with Crippen LogP contribution in [-0.2, 0) is 0 Å². The SMILES string of the molecule is CC(C)c1ccc(-n2ccnc2)c(N([O-])[OH2+])c1. The molecule has 0 spiro atoms. The first kappa shape index (κ1) is 11.6. The average molecular weight is 233 g/mol. The summed E-state index contributed by atoms with van der Waals surface area (Å²) in [4.78, 5) is 3.94. The van der Waals surface area contributed by atoms with Crippen LogP contribution in [-0.4, -0.2) is 14.8 Å². The van der Waals surface area contributed by atoms with Crippen LogP contribution in [0.4, 0.5) is 5.69 Å². The zero-order valence-electron chi connectivity index (χ0n) is 9.79. The van der Waals surface area contributed by atoms with Crippen molar-refractivity contribution in [2.24, 2.45) is 0 Å². The first-order valence-corrected chi connectivity index (χ1v) is 5.40. The van der Waals surface area contributed by atoms with Crippen LogP contribution in [0.1, 0.15) is 25.3 Å². The molecule has 1 aromatic carbocycles. The molecule has 0 aliphatic rings. The van der Waals surface area contributed by atoms with E-state index in [1.165, 1.54) is 0 Å². The van der Waals surface area contributed by atoms with Gasteiger partial charge in [0.05, 0.1) is 12.0 Å². The molecule has 0 aliphatic carbocycles. The zero-order chi connectivity index (χ0) is 12.4. The van der Waals surface area contributed by atoms with Gasteiger partial charge in [0, 0.05) is 12.4 Å². The number of nitrogens with zero attached hydrogens (tertiary/aromatic N) is 3. The topological polar surface area (TPSA) is 67.0 Å². The summed E-state index contributed by atoms with van der Waals surface area (Å²) in [7, 11) is 0. The molecule has 0 fully saturated rings.